The van der Waals surface area contributed by atoms with Crippen molar-refractivity contribution >= 4 is 0 Å². The van der Waals surface area contributed by atoms with E-state index >= 15 is 0 Å². The molecule has 0 radical (unpaired) electrons. The van der Waals surface area contributed by atoms with Crippen LogP contribution in [-0.4, -0.2) is 21.4 Å². The highest BCUT2D eigenvalue weighted by Crippen LogP contribution is 2.13. The van der Waals surface area contributed by atoms with E-state index in [0.717, 1.165) is 5.56 Å². The molecule has 1 atom stereocenters. The molecule has 0 saturated heterocycles. The molecular formula is C7H13N3O. The topological polar surface area (TPSA) is 64.1 Å². The summed E-state index contributed by atoms with van der Waals surface area (Å²) in [5, 5.41) is 13.3. The van der Waals surface area contributed by atoms with Gasteiger partial charge in [-0.25, -0.2) is 0 Å². The summed E-state index contributed by atoms with van der Waals surface area (Å²) in [5.41, 5.74) is 6.12. The summed E-state index contributed by atoms with van der Waals surface area (Å²) in [6.45, 7) is 0.496. The molecule has 1 heterocycles. The molecule has 0 amide bonds. The highest BCUT2D eigenvalue weighted by Gasteiger charge is 2.06. The lowest BCUT2D eigenvalue weighted by Gasteiger charge is -2.04. The fraction of sp³-hybridized carbons (Fsp3) is 0.571. The Hall–Kier alpha value is -0.870. The van der Waals surface area contributed by atoms with Crippen molar-refractivity contribution in [2.75, 3.05) is 6.54 Å². The average Bonchev–Trinajstić information content (AvgIpc) is 2.36. The molecule has 1 rings (SSSR count). The van der Waals surface area contributed by atoms with Gasteiger partial charge in [-0.15, -0.1) is 0 Å². The molecule has 0 saturated carbocycles. The van der Waals surface area contributed by atoms with Gasteiger partial charge >= 0.3 is 0 Å². The predicted molar refractivity (Wildman–Crippen MR) is 41.8 cm³/mol. The number of hydrogen-bond acceptors (Lipinski definition) is 3. The molecule has 4 heteroatoms. The maximum atomic E-state index is 9.40. The van der Waals surface area contributed by atoms with Gasteiger partial charge in [0.1, 0.15) is 0 Å². The summed E-state index contributed by atoms with van der Waals surface area (Å²) in [6.07, 6.45) is 3.57. The van der Waals surface area contributed by atoms with E-state index in [1.165, 1.54) is 0 Å². The molecule has 11 heavy (non-hydrogen) atoms. The molecule has 0 fully saturated rings. The summed E-state index contributed by atoms with van der Waals surface area (Å²) >= 11 is 0. The number of hydrogen-bond donors (Lipinski definition) is 2. The second kappa shape index (κ2) is 3.50. The van der Waals surface area contributed by atoms with Crippen LogP contribution in [0.25, 0.3) is 0 Å². The quantitative estimate of drug-likeness (QED) is 0.635. The molecule has 0 aromatic carbocycles. The number of aromatic nitrogens is 2. The van der Waals surface area contributed by atoms with E-state index in [2.05, 4.69) is 5.10 Å². The molecule has 1 aromatic rings. The Morgan fingerprint density at radius 3 is 3.00 bits per heavy atom. The van der Waals surface area contributed by atoms with E-state index in [-0.39, 0.29) is 0 Å². The van der Waals surface area contributed by atoms with Gasteiger partial charge < -0.3 is 10.8 Å². The van der Waals surface area contributed by atoms with Crippen molar-refractivity contribution in [1.29, 1.82) is 0 Å². The first-order valence-electron chi connectivity index (χ1n) is 3.60. The molecule has 62 valence electrons. The van der Waals surface area contributed by atoms with Crippen LogP contribution in [0.3, 0.4) is 0 Å². The Morgan fingerprint density at radius 1 is 1.82 bits per heavy atom. The molecule has 4 nitrogen and oxygen atoms in total. The minimum Gasteiger partial charge on any atom is -0.388 e. The van der Waals surface area contributed by atoms with Crippen LogP contribution in [0.5, 0.6) is 0 Å². The third-order valence-electron chi connectivity index (χ3n) is 1.55. The lowest BCUT2D eigenvalue weighted by molar-refractivity contribution is 0.170. The predicted octanol–water partition coefficient (Wildman–Crippen LogP) is -0.198. The largest absolute Gasteiger partial charge is 0.388 e. The first-order valence-corrected chi connectivity index (χ1v) is 3.60. The van der Waals surface area contributed by atoms with Crippen molar-refractivity contribution in [3.05, 3.63) is 18.0 Å². The Kier molecular flexibility index (Phi) is 2.62. The molecule has 1 aromatic heterocycles. The Balaban J connectivity index is 2.60. The Bertz CT molecular complexity index is 221. The summed E-state index contributed by atoms with van der Waals surface area (Å²) < 4.78 is 1.66. The van der Waals surface area contributed by atoms with Crippen LogP contribution < -0.4 is 5.73 Å². The van der Waals surface area contributed by atoms with Gasteiger partial charge in [-0.05, 0) is 13.0 Å². The number of nitrogens with two attached hydrogens (primary N) is 1. The van der Waals surface area contributed by atoms with Crippen molar-refractivity contribution in [2.45, 2.75) is 12.5 Å². The first kappa shape index (κ1) is 8.23. The maximum absolute atomic E-state index is 9.40. The van der Waals surface area contributed by atoms with E-state index in [4.69, 9.17) is 5.73 Å². The van der Waals surface area contributed by atoms with Crippen molar-refractivity contribution in [1.82, 2.24) is 9.78 Å². The van der Waals surface area contributed by atoms with Gasteiger partial charge in [0.2, 0.25) is 0 Å². The zero-order chi connectivity index (χ0) is 8.27. The summed E-state index contributed by atoms with van der Waals surface area (Å²) in [6, 6.07) is 0. The second-order valence-corrected chi connectivity index (χ2v) is 2.54. The van der Waals surface area contributed by atoms with Crippen LogP contribution in [0.15, 0.2) is 12.4 Å². The van der Waals surface area contributed by atoms with E-state index in [1.54, 1.807) is 17.1 Å². The van der Waals surface area contributed by atoms with Gasteiger partial charge in [-0.3, -0.25) is 4.68 Å². The van der Waals surface area contributed by atoms with Gasteiger partial charge in [0, 0.05) is 18.8 Å². The molecular weight excluding hydrogens is 142 g/mol. The van der Waals surface area contributed by atoms with Gasteiger partial charge in [-0.2, -0.15) is 5.10 Å². The monoisotopic (exact) mass is 155 g/mol. The van der Waals surface area contributed by atoms with Gasteiger partial charge in [0.05, 0.1) is 12.3 Å². The highest BCUT2D eigenvalue weighted by atomic mass is 16.3. The van der Waals surface area contributed by atoms with Crippen LogP contribution in [0.1, 0.15) is 18.1 Å². The third kappa shape index (κ3) is 2.03. The minimum atomic E-state index is -0.464. The first-order chi connectivity index (χ1) is 5.24. The maximum Gasteiger partial charge on any atom is 0.0832 e. The standard InChI is InChI=1S/C7H13N3O/c1-10-5-6(4-9-10)7(11)2-3-8/h4-5,7,11H,2-3,8H2,1H3/t7-/m1/s1. The van der Waals surface area contributed by atoms with Crippen LogP contribution in [0.4, 0.5) is 0 Å². The average molecular weight is 155 g/mol. The number of nitrogens with zero attached hydrogens (tertiary/aromatic N) is 2. The highest BCUT2D eigenvalue weighted by molar-refractivity contribution is 5.07. The Labute approximate surface area is 65.6 Å². The van der Waals surface area contributed by atoms with E-state index in [9.17, 15) is 5.11 Å². The smallest absolute Gasteiger partial charge is 0.0832 e. The molecule has 3 N–H and O–H groups in total. The summed E-state index contributed by atoms with van der Waals surface area (Å²) in [4.78, 5) is 0. The van der Waals surface area contributed by atoms with Gasteiger partial charge in [-0.1, -0.05) is 0 Å². The fourth-order valence-electron chi connectivity index (χ4n) is 0.937. The van der Waals surface area contributed by atoms with E-state index in [0.29, 0.717) is 13.0 Å². The molecule has 0 aliphatic carbocycles. The normalized spacial score (nSPS) is 13.4. The number of aryl methyl sites for hydroxylation is 1. The molecule has 0 spiro atoms. The Morgan fingerprint density at radius 2 is 2.55 bits per heavy atom. The van der Waals surface area contributed by atoms with Crippen molar-refractivity contribution < 1.29 is 5.11 Å². The van der Waals surface area contributed by atoms with E-state index < -0.39 is 6.10 Å². The zero-order valence-corrected chi connectivity index (χ0v) is 6.57. The van der Waals surface area contributed by atoms with Crippen LogP contribution in [-0.2, 0) is 7.05 Å². The molecule has 0 aliphatic rings. The number of aliphatic hydroxyl groups is 1. The van der Waals surface area contributed by atoms with Crippen molar-refractivity contribution in [3.63, 3.8) is 0 Å². The zero-order valence-electron chi connectivity index (χ0n) is 6.57. The number of aliphatic hydroxyl groups excluding tert-OH is 1. The minimum absolute atomic E-state index is 0.464. The summed E-state index contributed by atoms with van der Waals surface area (Å²) in [7, 11) is 1.82. The van der Waals surface area contributed by atoms with Gasteiger partial charge in [0.25, 0.3) is 0 Å². The van der Waals surface area contributed by atoms with Gasteiger partial charge in [0.15, 0.2) is 0 Å². The van der Waals surface area contributed by atoms with E-state index in [1.807, 2.05) is 7.05 Å². The van der Waals surface area contributed by atoms with Crippen molar-refractivity contribution in [3.8, 4) is 0 Å². The van der Waals surface area contributed by atoms with Crippen LogP contribution >= 0.6 is 0 Å². The fourth-order valence-corrected chi connectivity index (χ4v) is 0.937. The lowest BCUT2D eigenvalue weighted by Crippen LogP contribution is -2.05. The SMILES string of the molecule is Cn1cc([C@H](O)CCN)cn1. The third-order valence-corrected chi connectivity index (χ3v) is 1.55. The number of rotatable bonds is 3. The lowest BCUT2D eigenvalue weighted by atomic mass is 10.1. The molecule has 0 unspecified atom stereocenters. The van der Waals surface area contributed by atoms with Crippen molar-refractivity contribution in [2.24, 2.45) is 12.8 Å². The second-order valence-electron chi connectivity index (χ2n) is 2.54. The molecule has 0 bridgehead atoms. The summed E-state index contributed by atoms with van der Waals surface area (Å²) in [5.74, 6) is 0. The van der Waals surface area contributed by atoms with Crippen LogP contribution in [0, 0.1) is 0 Å². The van der Waals surface area contributed by atoms with Crippen LogP contribution in [0.2, 0.25) is 0 Å². The molecule has 0 aliphatic heterocycles.